The van der Waals surface area contributed by atoms with Crippen LogP contribution in [0.5, 0.6) is 0 Å². The Bertz CT molecular complexity index is 650. The van der Waals surface area contributed by atoms with Crippen LogP contribution in [-0.2, 0) is 16.4 Å². The van der Waals surface area contributed by atoms with Gasteiger partial charge in [0.05, 0.1) is 4.90 Å². The highest BCUT2D eigenvalue weighted by molar-refractivity contribution is 7.93. The molecule has 2 rings (SSSR count). The second-order valence-electron chi connectivity index (χ2n) is 3.96. The van der Waals surface area contributed by atoms with E-state index in [0.29, 0.717) is 18.0 Å². The Kier molecular flexibility index (Phi) is 4.13. The minimum atomic E-state index is -3.61. The molecule has 1 aromatic heterocycles. The highest BCUT2D eigenvalue weighted by Gasteiger charge is 2.16. The Labute approximate surface area is 115 Å². The highest BCUT2D eigenvalue weighted by Crippen LogP contribution is 2.20. The summed E-state index contributed by atoms with van der Waals surface area (Å²) in [6.45, 7) is 2.35. The van der Waals surface area contributed by atoms with Crippen molar-refractivity contribution in [3.63, 3.8) is 0 Å². The third kappa shape index (κ3) is 3.49. The summed E-state index contributed by atoms with van der Waals surface area (Å²) in [4.78, 5) is 0.202. The summed E-state index contributed by atoms with van der Waals surface area (Å²) >= 11 is 1.19. The van der Waals surface area contributed by atoms with E-state index in [-0.39, 0.29) is 10.0 Å². The summed E-state index contributed by atoms with van der Waals surface area (Å²) in [6.07, 6.45) is 0.587. The Morgan fingerprint density at radius 2 is 1.95 bits per heavy atom. The first-order valence-electron chi connectivity index (χ1n) is 5.63. The van der Waals surface area contributed by atoms with Crippen molar-refractivity contribution in [3.05, 3.63) is 34.8 Å². The van der Waals surface area contributed by atoms with Crippen LogP contribution in [0.3, 0.4) is 0 Å². The fraction of sp³-hybridized carbons (Fsp3) is 0.273. The molecule has 0 aliphatic carbocycles. The summed E-state index contributed by atoms with van der Waals surface area (Å²) in [5, 5.41) is 8.61. The third-order valence-corrected chi connectivity index (χ3v) is 4.76. The van der Waals surface area contributed by atoms with Gasteiger partial charge in [-0.05, 0) is 25.6 Å². The van der Waals surface area contributed by atoms with Gasteiger partial charge in [0, 0.05) is 6.42 Å². The zero-order valence-electron chi connectivity index (χ0n) is 10.3. The maximum absolute atomic E-state index is 12.1. The number of sulfonamides is 1. The largest absolute Gasteiger partial charge is 0.330 e. The van der Waals surface area contributed by atoms with Crippen LogP contribution in [0.25, 0.3) is 0 Å². The van der Waals surface area contributed by atoms with Gasteiger partial charge in [0.1, 0.15) is 5.01 Å². The molecule has 0 bridgehead atoms. The van der Waals surface area contributed by atoms with Crippen LogP contribution < -0.4 is 10.5 Å². The lowest BCUT2D eigenvalue weighted by atomic mass is 10.2. The van der Waals surface area contributed by atoms with Gasteiger partial charge in [0.2, 0.25) is 5.13 Å². The van der Waals surface area contributed by atoms with Gasteiger partial charge in [-0.15, -0.1) is 10.2 Å². The van der Waals surface area contributed by atoms with Crippen molar-refractivity contribution in [1.82, 2.24) is 10.2 Å². The van der Waals surface area contributed by atoms with Gasteiger partial charge in [0.15, 0.2) is 0 Å². The number of hydrogen-bond acceptors (Lipinski definition) is 6. The molecular weight excluding hydrogens is 284 g/mol. The van der Waals surface area contributed by atoms with E-state index in [1.807, 2.05) is 6.92 Å². The molecular formula is C11H14N4O2S2. The molecule has 2 aromatic rings. The summed E-state index contributed by atoms with van der Waals surface area (Å²) in [6, 6.07) is 6.60. The third-order valence-electron chi connectivity index (χ3n) is 2.38. The molecule has 0 atom stereocenters. The van der Waals surface area contributed by atoms with E-state index in [4.69, 9.17) is 5.73 Å². The molecule has 19 heavy (non-hydrogen) atoms. The smallest absolute Gasteiger partial charge is 0.263 e. The normalized spacial score (nSPS) is 11.5. The number of rotatable bonds is 5. The molecule has 0 aliphatic heterocycles. The molecule has 1 heterocycles. The molecule has 0 fully saturated rings. The Morgan fingerprint density at radius 1 is 1.26 bits per heavy atom. The molecule has 0 radical (unpaired) electrons. The lowest BCUT2D eigenvalue weighted by molar-refractivity contribution is 0.601. The van der Waals surface area contributed by atoms with E-state index in [1.54, 1.807) is 24.3 Å². The highest BCUT2D eigenvalue weighted by atomic mass is 32.2. The summed E-state index contributed by atoms with van der Waals surface area (Å²) in [5.74, 6) is 0. The predicted octanol–water partition coefficient (Wildman–Crippen LogP) is 1.15. The molecule has 0 aliphatic rings. The first-order valence-corrected chi connectivity index (χ1v) is 7.93. The van der Waals surface area contributed by atoms with Gasteiger partial charge in [-0.25, -0.2) is 8.42 Å². The van der Waals surface area contributed by atoms with Crippen molar-refractivity contribution in [1.29, 1.82) is 0 Å². The van der Waals surface area contributed by atoms with Crippen LogP contribution in [0.2, 0.25) is 0 Å². The molecule has 0 spiro atoms. The van der Waals surface area contributed by atoms with E-state index >= 15 is 0 Å². The van der Waals surface area contributed by atoms with E-state index < -0.39 is 10.0 Å². The Morgan fingerprint density at radius 3 is 2.58 bits per heavy atom. The Balaban J connectivity index is 2.18. The number of nitrogens with two attached hydrogens (primary N) is 1. The summed E-state index contributed by atoms with van der Waals surface area (Å²) in [5.41, 5.74) is 6.40. The fourth-order valence-corrected chi connectivity index (χ4v) is 3.40. The number of benzene rings is 1. The van der Waals surface area contributed by atoms with Gasteiger partial charge in [-0.3, -0.25) is 4.72 Å². The second kappa shape index (κ2) is 5.64. The molecule has 0 unspecified atom stereocenters. The van der Waals surface area contributed by atoms with Gasteiger partial charge in [-0.1, -0.05) is 29.0 Å². The zero-order chi connectivity index (χ0) is 13.9. The SMILES string of the molecule is Cc1ccc(S(=O)(=O)Nc2nnc(CCN)s2)cc1. The predicted molar refractivity (Wildman–Crippen MR) is 74.7 cm³/mol. The molecule has 0 amide bonds. The number of nitrogens with one attached hydrogen (secondary N) is 1. The van der Waals surface area contributed by atoms with Crippen molar-refractivity contribution < 1.29 is 8.42 Å². The quantitative estimate of drug-likeness (QED) is 0.863. The van der Waals surface area contributed by atoms with E-state index in [0.717, 1.165) is 5.56 Å². The Hall–Kier alpha value is -1.51. The first-order chi connectivity index (χ1) is 9.01. The molecule has 1 aromatic carbocycles. The van der Waals surface area contributed by atoms with Crippen LogP contribution in [0.4, 0.5) is 5.13 Å². The molecule has 102 valence electrons. The molecule has 3 N–H and O–H groups in total. The van der Waals surface area contributed by atoms with Crippen molar-refractivity contribution >= 4 is 26.5 Å². The van der Waals surface area contributed by atoms with Crippen molar-refractivity contribution in [3.8, 4) is 0 Å². The van der Waals surface area contributed by atoms with Gasteiger partial charge < -0.3 is 5.73 Å². The van der Waals surface area contributed by atoms with Crippen molar-refractivity contribution in [2.45, 2.75) is 18.2 Å². The van der Waals surface area contributed by atoms with E-state index in [2.05, 4.69) is 14.9 Å². The average Bonchev–Trinajstić information content (AvgIpc) is 2.77. The number of nitrogens with zero attached hydrogens (tertiary/aromatic N) is 2. The second-order valence-corrected chi connectivity index (χ2v) is 6.70. The summed E-state index contributed by atoms with van der Waals surface area (Å²) in [7, 11) is -3.61. The maximum Gasteiger partial charge on any atom is 0.263 e. The standard InChI is InChI=1S/C11H14N4O2S2/c1-8-2-4-9(5-3-8)19(16,17)15-11-14-13-10(18-11)6-7-12/h2-5H,6-7,12H2,1H3,(H,14,15). The van der Waals surface area contributed by atoms with Gasteiger partial charge >= 0.3 is 0 Å². The zero-order valence-corrected chi connectivity index (χ0v) is 12.0. The first kappa shape index (κ1) is 13.9. The van der Waals surface area contributed by atoms with E-state index in [9.17, 15) is 8.42 Å². The van der Waals surface area contributed by atoms with Crippen LogP contribution in [0, 0.1) is 6.92 Å². The van der Waals surface area contributed by atoms with E-state index in [1.165, 1.54) is 11.3 Å². The lowest BCUT2D eigenvalue weighted by Gasteiger charge is -2.04. The summed E-state index contributed by atoms with van der Waals surface area (Å²) < 4.78 is 26.6. The molecule has 0 saturated heterocycles. The van der Waals surface area contributed by atoms with Crippen LogP contribution in [0.15, 0.2) is 29.2 Å². The van der Waals surface area contributed by atoms with Crippen LogP contribution in [0.1, 0.15) is 10.6 Å². The van der Waals surface area contributed by atoms with Crippen molar-refractivity contribution in [2.75, 3.05) is 11.3 Å². The number of aryl methyl sites for hydroxylation is 1. The monoisotopic (exact) mass is 298 g/mol. The lowest BCUT2D eigenvalue weighted by Crippen LogP contribution is -2.12. The molecule has 6 nitrogen and oxygen atoms in total. The topological polar surface area (TPSA) is 98.0 Å². The maximum atomic E-state index is 12.1. The van der Waals surface area contributed by atoms with Crippen molar-refractivity contribution in [2.24, 2.45) is 5.73 Å². The van der Waals surface area contributed by atoms with Crippen LogP contribution >= 0.6 is 11.3 Å². The van der Waals surface area contributed by atoms with Gasteiger partial charge in [0.25, 0.3) is 10.0 Å². The fourth-order valence-electron chi connectivity index (χ4n) is 1.41. The van der Waals surface area contributed by atoms with Gasteiger partial charge in [-0.2, -0.15) is 0 Å². The average molecular weight is 298 g/mol. The number of hydrogen-bond donors (Lipinski definition) is 2. The molecule has 0 saturated carbocycles. The van der Waals surface area contributed by atoms with Crippen LogP contribution in [-0.4, -0.2) is 25.2 Å². The molecule has 8 heteroatoms. The number of anilines is 1. The minimum Gasteiger partial charge on any atom is -0.330 e. The minimum absolute atomic E-state index is 0.202. The number of aromatic nitrogens is 2.